The molecule has 0 spiro atoms. The van der Waals surface area contributed by atoms with Crippen molar-refractivity contribution in [2.75, 3.05) is 6.54 Å². The van der Waals surface area contributed by atoms with Crippen LogP contribution >= 0.6 is 0 Å². The Kier molecular flexibility index (Phi) is 4.72. The minimum Gasteiger partial charge on any atom is -0.465 e. The Morgan fingerprint density at radius 3 is 2.56 bits per heavy atom. The number of rotatable bonds is 2. The fraction of sp³-hybridized carbons (Fsp3) is 0.550. The summed E-state index contributed by atoms with van der Waals surface area (Å²) in [5.41, 5.74) is 2.88. The molecule has 1 saturated carbocycles. The first-order valence-corrected chi connectivity index (χ1v) is 8.88. The fourth-order valence-corrected chi connectivity index (χ4v) is 4.32. The van der Waals surface area contributed by atoms with Gasteiger partial charge in [0.15, 0.2) is 0 Å². The van der Waals surface area contributed by atoms with E-state index in [1.54, 1.807) is 0 Å². The first-order valence-electron chi connectivity index (χ1n) is 8.88. The van der Waals surface area contributed by atoms with Crippen LogP contribution in [0.5, 0.6) is 0 Å². The molecule has 2 atom stereocenters. The molecule has 0 aromatic heterocycles. The summed E-state index contributed by atoms with van der Waals surface area (Å²) in [6.07, 6.45) is 1.19. The molecule has 0 bridgehead atoms. The van der Waals surface area contributed by atoms with Crippen LogP contribution in [0.25, 0.3) is 0 Å². The minimum absolute atomic E-state index is 0.0138. The predicted molar refractivity (Wildman–Crippen MR) is 96.2 cm³/mol. The van der Waals surface area contributed by atoms with Gasteiger partial charge in [-0.05, 0) is 44.7 Å². The Balaban J connectivity index is 1.81. The van der Waals surface area contributed by atoms with Gasteiger partial charge in [-0.25, -0.2) is 9.59 Å². The Morgan fingerprint density at radius 2 is 1.96 bits per heavy atom. The summed E-state index contributed by atoms with van der Waals surface area (Å²) in [6.45, 7) is 7.39. The number of carbonyl (C=O) groups is 1. The highest BCUT2D eigenvalue weighted by molar-refractivity contribution is 5.67. The van der Waals surface area contributed by atoms with Crippen molar-refractivity contribution in [3.8, 4) is 0 Å². The summed E-state index contributed by atoms with van der Waals surface area (Å²) < 4.78 is 0. The van der Waals surface area contributed by atoms with Gasteiger partial charge in [0.05, 0.1) is 0 Å². The Bertz CT molecular complexity index is 716. The van der Waals surface area contributed by atoms with Crippen LogP contribution in [0.15, 0.2) is 29.8 Å². The van der Waals surface area contributed by atoms with Crippen molar-refractivity contribution in [2.45, 2.75) is 64.2 Å². The normalized spacial score (nSPS) is 23.9. The Labute approximate surface area is 148 Å². The Morgan fingerprint density at radius 1 is 1.28 bits per heavy atom. The van der Waals surface area contributed by atoms with Gasteiger partial charge in [-0.1, -0.05) is 24.3 Å². The summed E-state index contributed by atoms with van der Waals surface area (Å²) in [4.78, 5) is 27.1. The van der Waals surface area contributed by atoms with Crippen molar-refractivity contribution in [1.29, 1.82) is 0 Å². The van der Waals surface area contributed by atoms with E-state index >= 15 is 0 Å². The fourth-order valence-electron chi connectivity index (χ4n) is 4.32. The molecule has 3 rings (SSSR count). The van der Waals surface area contributed by atoms with E-state index in [0.717, 1.165) is 19.5 Å². The van der Waals surface area contributed by atoms with Gasteiger partial charge in [-0.15, -0.1) is 0 Å². The third-order valence-electron chi connectivity index (χ3n) is 5.38. The monoisotopic (exact) mass is 342 g/mol. The number of fused-ring (bicyclic) bond motifs is 1. The van der Waals surface area contributed by atoms with E-state index < -0.39 is 11.6 Å². The number of benzene rings is 1. The molecule has 1 aromatic rings. The molecule has 1 aliphatic heterocycles. The van der Waals surface area contributed by atoms with E-state index in [1.165, 1.54) is 16.0 Å². The molecule has 2 unspecified atom stereocenters. The number of hydrogen-bond acceptors (Lipinski definition) is 3. The molecule has 1 amide bonds. The van der Waals surface area contributed by atoms with Gasteiger partial charge in [-0.3, -0.25) is 4.90 Å². The van der Waals surface area contributed by atoms with Crippen molar-refractivity contribution in [3.63, 3.8) is 0 Å². The van der Waals surface area contributed by atoms with Crippen molar-refractivity contribution < 1.29 is 14.7 Å². The molecule has 5 heteroatoms. The average Bonchev–Trinajstić information content (AvgIpc) is 2.96. The van der Waals surface area contributed by atoms with Gasteiger partial charge in [0.2, 0.25) is 0 Å². The highest BCUT2D eigenvalue weighted by atomic mass is 16.4. The molecule has 134 valence electrons. The van der Waals surface area contributed by atoms with E-state index in [-0.39, 0.29) is 12.1 Å². The average molecular weight is 342 g/mol. The van der Waals surface area contributed by atoms with Crippen molar-refractivity contribution in [2.24, 2.45) is 0 Å². The van der Waals surface area contributed by atoms with E-state index in [2.05, 4.69) is 29.0 Å². The second-order valence-electron chi connectivity index (χ2n) is 8.05. The third kappa shape index (κ3) is 3.48. The predicted octanol–water partition coefficient (Wildman–Crippen LogP) is 3.11. The van der Waals surface area contributed by atoms with E-state index in [4.69, 9.17) is 0 Å². The highest BCUT2D eigenvalue weighted by Crippen LogP contribution is 2.36. The second kappa shape index (κ2) is 6.66. The van der Waals surface area contributed by atoms with Crippen LogP contribution in [0.3, 0.4) is 0 Å². The van der Waals surface area contributed by atoms with Crippen molar-refractivity contribution in [3.05, 3.63) is 41.0 Å². The van der Waals surface area contributed by atoms with Crippen LogP contribution in [-0.4, -0.2) is 51.1 Å². The van der Waals surface area contributed by atoms with E-state index in [1.807, 2.05) is 26.8 Å². The third-order valence-corrected chi connectivity index (χ3v) is 5.38. The molecular formula is C20H26N2O3. The maximum atomic E-state index is 11.8. The molecule has 1 N–H and O–H groups in total. The van der Waals surface area contributed by atoms with Gasteiger partial charge in [0.1, 0.15) is 5.94 Å². The number of amides is 1. The first-order chi connectivity index (χ1) is 11.8. The summed E-state index contributed by atoms with van der Waals surface area (Å²) in [5, 5.41) is 9.66. The molecule has 2 aliphatic rings. The van der Waals surface area contributed by atoms with Crippen molar-refractivity contribution >= 4 is 12.0 Å². The maximum absolute atomic E-state index is 11.8. The molecule has 5 nitrogen and oxygen atoms in total. The zero-order valence-corrected chi connectivity index (χ0v) is 15.2. The van der Waals surface area contributed by atoms with Gasteiger partial charge >= 0.3 is 6.09 Å². The van der Waals surface area contributed by atoms with E-state index in [9.17, 15) is 14.7 Å². The Hall–Kier alpha value is -2.10. The molecule has 0 saturated heterocycles. The summed E-state index contributed by atoms with van der Waals surface area (Å²) in [6, 6.07) is 8.21. The van der Waals surface area contributed by atoms with Crippen LogP contribution in [-0.2, 0) is 17.8 Å². The van der Waals surface area contributed by atoms with Crippen LogP contribution in [0, 0.1) is 0 Å². The lowest BCUT2D eigenvalue weighted by Gasteiger charge is -2.38. The molecule has 25 heavy (non-hydrogen) atoms. The molecule has 0 radical (unpaired) electrons. The zero-order chi connectivity index (χ0) is 18.2. The van der Waals surface area contributed by atoms with Gasteiger partial charge in [0, 0.05) is 42.7 Å². The van der Waals surface area contributed by atoms with Crippen molar-refractivity contribution in [1.82, 2.24) is 9.80 Å². The minimum atomic E-state index is -0.924. The highest BCUT2D eigenvalue weighted by Gasteiger charge is 2.43. The van der Waals surface area contributed by atoms with E-state index in [0.29, 0.717) is 18.4 Å². The number of hydrogen-bond donors (Lipinski definition) is 1. The van der Waals surface area contributed by atoms with Gasteiger partial charge in [0.25, 0.3) is 0 Å². The standard InChI is InChI=1S/C20H26N2O3/c1-20(2,3)22(19(24)25)17-10-16(13-23)18(11-17)21-9-8-14-6-4-5-7-15(14)12-21/h4-7,17-18H,8-12H2,1-3H3,(H,24,25). The first kappa shape index (κ1) is 17.7. The molecule has 1 aromatic carbocycles. The lowest BCUT2D eigenvalue weighted by atomic mass is 9.97. The largest absolute Gasteiger partial charge is 0.465 e. The van der Waals surface area contributed by atoms with Gasteiger partial charge < -0.3 is 10.0 Å². The van der Waals surface area contributed by atoms with Crippen LogP contribution in [0.4, 0.5) is 4.79 Å². The smallest absolute Gasteiger partial charge is 0.407 e. The maximum Gasteiger partial charge on any atom is 0.407 e. The summed E-state index contributed by atoms with van der Waals surface area (Å²) in [5.74, 6) is 2.12. The lowest BCUT2D eigenvalue weighted by molar-refractivity contribution is 0.0677. The number of nitrogens with zero attached hydrogens (tertiary/aromatic N) is 2. The molecule has 1 fully saturated rings. The molecule has 1 heterocycles. The quantitative estimate of drug-likeness (QED) is 0.839. The summed E-state index contributed by atoms with van der Waals surface area (Å²) in [7, 11) is 0. The van der Waals surface area contributed by atoms with Crippen LogP contribution < -0.4 is 0 Å². The number of carbonyl (C=O) groups excluding carboxylic acids is 1. The molecule has 1 aliphatic carbocycles. The number of carboxylic acid groups (broad SMARTS) is 1. The zero-order valence-electron chi connectivity index (χ0n) is 15.2. The second-order valence-corrected chi connectivity index (χ2v) is 8.05. The topological polar surface area (TPSA) is 60.9 Å². The molecular weight excluding hydrogens is 316 g/mol. The summed E-state index contributed by atoms with van der Waals surface area (Å²) >= 11 is 0. The lowest BCUT2D eigenvalue weighted by Crippen LogP contribution is -2.51. The van der Waals surface area contributed by atoms with Crippen LogP contribution in [0.1, 0.15) is 44.7 Å². The van der Waals surface area contributed by atoms with Gasteiger partial charge in [-0.2, -0.15) is 0 Å². The SMILES string of the molecule is CC(C)(C)N(C(=O)O)C1CC(=C=O)C(N2CCc3ccccc3C2)C1. The van der Waals surface area contributed by atoms with Crippen LogP contribution in [0.2, 0.25) is 0 Å².